The minimum Gasteiger partial charge on any atom is -0.311 e. The van der Waals surface area contributed by atoms with Crippen LogP contribution in [0.15, 0.2) is 22.7 Å². The second kappa shape index (κ2) is 5.35. The van der Waals surface area contributed by atoms with Crippen molar-refractivity contribution in [3.05, 3.63) is 26.2 Å². The maximum atomic E-state index is 11.9. The van der Waals surface area contributed by atoms with Gasteiger partial charge in [-0.3, -0.25) is 4.79 Å². The SMILES string of the molecule is O=C1CC(CBr)CN1c1ccc(Br)cc1I. The van der Waals surface area contributed by atoms with Crippen molar-refractivity contribution >= 4 is 66.0 Å². The zero-order valence-electron chi connectivity index (χ0n) is 8.42. The zero-order chi connectivity index (χ0) is 11.7. The van der Waals surface area contributed by atoms with Crippen LogP contribution in [0.4, 0.5) is 5.69 Å². The highest BCUT2D eigenvalue weighted by molar-refractivity contribution is 14.1. The summed E-state index contributed by atoms with van der Waals surface area (Å²) in [5.41, 5.74) is 1.03. The monoisotopic (exact) mass is 457 g/mol. The summed E-state index contributed by atoms with van der Waals surface area (Å²) in [6.07, 6.45) is 0.650. The molecular formula is C11H10Br2INO. The molecule has 1 aromatic rings. The molecule has 0 radical (unpaired) electrons. The molecule has 1 aromatic carbocycles. The lowest BCUT2D eigenvalue weighted by atomic mass is 10.2. The third-order valence-electron chi connectivity index (χ3n) is 2.62. The Bertz CT molecular complexity index is 424. The zero-order valence-corrected chi connectivity index (χ0v) is 13.7. The average Bonchev–Trinajstić information content (AvgIpc) is 2.60. The number of anilines is 1. The van der Waals surface area contributed by atoms with Gasteiger partial charge in [-0.1, -0.05) is 31.9 Å². The van der Waals surface area contributed by atoms with Crippen molar-refractivity contribution in [1.29, 1.82) is 0 Å². The molecule has 0 N–H and O–H groups in total. The van der Waals surface area contributed by atoms with Crippen LogP contribution < -0.4 is 4.90 Å². The number of alkyl halides is 1. The summed E-state index contributed by atoms with van der Waals surface area (Å²) in [7, 11) is 0. The highest BCUT2D eigenvalue weighted by Gasteiger charge is 2.30. The molecule has 0 spiro atoms. The molecule has 1 atom stereocenters. The minimum absolute atomic E-state index is 0.227. The Labute approximate surface area is 125 Å². The standard InChI is InChI=1S/C11H10Br2INO/c12-5-7-3-11(16)15(6-7)10-2-1-8(13)4-9(10)14/h1-2,4,7H,3,5-6H2. The first-order valence-electron chi connectivity index (χ1n) is 4.93. The number of halogens is 3. The van der Waals surface area contributed by atoms with Crippen molar-refractivity contribution in [2.45, 2.75) is 6.42 Å². The molecule has 2 rings (SSSR count). The van der Waals surface area contributed by atoms with Gasteiger partial charge >= 0.3 is 0 Å². The number of nitrogens with zero attached hydrogens (tertiary/aromatic N) is 1. The van der Waals surface area contributed by atoms with Gasteiger partial charge in [0.1, 0.15) is 0 Å². The van der Waals surface area contributed by atoms with E-state index in [4.69, 9.17) is 0 Å². The van der Waals surface area contributed by atoms with Gasteiger partial charge in [0.15, 0.2) is 0 Å². The van der Waals surface area contributed by atoms with E-state index in [1.165, 1.54) is 0 Å². The topological polar surface area (TPSA) is 20.3 Å². The highest BCUT2D eigenvalue weighted by Crippen LogP contribution is 2.31. The molecule has 1 fully saturated rings. The van der Waals surface area contributed by atoms with E-state index in [-0.39, 0.29) is 5.91 Å². The number of rotatable bonds is 2. The summed E-state index contributed by atoms with van der Waals surface area (Å²) in [6.45, 7) is 0.821. The van der Waals surface area contributed by atoms with Crippen molar-refractivity contribution in [3.63, 3.8) is 0 Å². The third kappa shape index (κ3) is 2.61. The molecule has 5 heteroatoms. The average molecular weight is 459 g/mol. The van der Waals surface area contributed by atoms with E-state index in [0.717, 1.165) is 25.6 Å². The minimum atomic E-state index is 0.227. The van der Waals surface area contributed by atoms with Crippen LogP contribution in [0, 0.1) is 9.49 Å². The fourth-order valence-corrected chi connectivity index (χ4v) is 3.85. The fourth-order valence-electron chi connectivity index (χ4n) is 1.82. The summed E-state index contributed by atoms with van der Waals surface area (Å²) in [4.78, 5) is 13.8. The number of amides is 1. The van der Waals surface area contributed by atoms with Crippen LogP contribution >= 0.6 is 54.5 Å². The van der Waals surface area contributed by atoms with Gasteiger partial charge in [0.25, 0.3) is 0 Å². The normalized spacial score (nSPS) is 20.6. The van der Waals surface area contributed by atoms with E-state index >= 15 is 0 Å². The van der Waals surface area contributed by atoms with E-state index in [9.17, 15) is 4.79 Å². The van der Waals surface area contributed by atoms with Crippen LogP contribution in [0.5, 0.6) is 0 Å². The molecule has 1 aliphatic heterocycles. The molecule has 0 aliphatic carbocycles. The smallest absolute Gasteiger partial charge is 0.227 e. The Balaban J connectivity index is 2.28. The van der Waals surface area contributed by atoms with E-state index in [2.05, 4.69) is 54.5 Å². The molecule has 1 aliphatic rings. The lowest BCUT2D eigenvalue weighted by Crippen LogP contribution is -2.25. The molecule has 0 saturated carbocycles. The molecule has 0 bridgehead atoms. The second-order valence-corrected chi connectivity index (χ2v) is 6.55. The van der Waals surface area contributed by atoms with Gasteiger partial charge in [0.05, 0.1) is 5.69 Å². The third-order valence-corrected chi connectivity index (χ3v) is 4.90. The lowest BCUT2D eigenvalue weighted by molar-refractivity contribution is -0.117. The molecule has 0 aromatic heterocycles. The van der Waals surface area contributed by atoms with E-state index in [0.29, 0.717) is 12.3 Å². The Hall–Kier alpha value is 0.380. The molecule has 86 valence electrons. The van der Waals surface area contributed by atoms with Crippen LogP contribution in [0.2, 0.25) is 0 Å². The maximum Gasteiger partial charge on any atom is 0.227 e. The quantitative estimate of drug-likeness (QED) is 0.487. The number of benzene rings is 1. The largest absolute Gasteiger partial charge is 0.311 e. The fraction of sp³-hybridized carbons (Fsp3) is 0.364. The van der Waals surface area contributed by atoms with Crippen LogP contribution in [0.1, 0.15) is 6.42 Å². The molecule has 1 saturated heterocycles. The predicted molar refractivity (Wildman–Crippen MR) is 81.1 cm³/mol. The number of carbonyl (C=O) groups excluding carboxylic acids is 1. The molecular weight excluding hydrogens is 449 g/mol. The summed E-state index contributed by atoms with van der Waals surface area (Å²) in [5.74, 6) is 0.664. The van der Waals surface area contributed by atoms with Gasteiger partial charge in [-0.25, -0.2) is 0 Å². The summed E-state index contributed by atoms with van der Waals surface area (Å²) >= 11 is 9.14. The summed E-state index contributed by atoms with van der Waals surface area (Å²) < 4.78 is 2.15. The van der Waals surface area contributed by atoms with E-state index in [1.807, 2.05) is 23.1 Å². The van der Waals surface area contributed by atoms with Crippen molar-refractivity contribution in [2.75, 3.05) is 16.8 Å². The first-order valence-corrected chi connectivity index (χ1v) is 7.92. The van der Waals surface area contributed by atoms with Crippen LogP contribution in [0.25, 0.3) is 0 Å². The van der Waals surface area contributed by atoms with Gasteiger partial charge in [-0.05, 0) is 46.7 Å². The van der Waals surface area contributed by atoms with Gasteiger partial charge in [-0.2, -0.15) is 0 Å². The van der Waals surface area contributed by atoms with Crippen molar-refractivity contribution in [2.24, 2.45) is 5.92 Å². The van der Waals surface area contributed by atoms with Crippen LogP contribution in [-0.4, -0.2) is 17.8 Å². The summed E-state index contributed by atoms with van der Waals surface area (Å²) in [5, 5.41) is 0.891. The maximum absolute atomic E-state index is 11.9. The lowest BCUT2D eigenvalue weighted by Gasteiger charge is -2.18. The predicted octanol–water partition coefficient (Wildman–Crippen LogP) is 3.80. The van der Waals surface area contributed by atoms with Crippen LogP contribution in [0.3, 0.4) is 0 Å². The van der Waals surface area contributed by atoms with Crippen molar-refractivity contribution in [1.82, 2.24) is 0 Å². The highest BCUT2D eigenvalue weighted by atomic mass is 127. The Morgan fingerprint density at radius 1 is 1.50 bits per heavy atom. The van der Waals surface area contributed by atoms with Gasteiger partial charge < -0.3 is 4.90 Å². The Morgan fingerprint density at radius 3 is 2.81 bits per heavy atom. The Morgan fingerprint density at radius 2 is 2.25 bits per heavy atom. The van der Waals surface area contributed by atoms with E-state index < -0.39 is 0 Å². The molecule has 2 nitrogen and oxygen atoms in total. The Kier molecular flexibility index (Phi) is 4.29. The van der Waals surface area contributed by atoms with Gasteiger partial charge in [0.2, 0.25) is 5.91 Å². The molecule has 1 heterocycles. The van der Waals surface area contributed by atoms with E-state index in [1.54, 1.807) is 0 Å². The molecule has 1 amide bonds. The first-order chi connectivity index (χ1) is 7.61. The number of hydrogen-bond donors (Lipinski definition) is 0. The summed E-state index contributed by atoms with van der Waals surface area (Å²) in [6, 6.07) is 6.01. The van der Waals surface area contributed by atoms with Crippen molar-refractivity contribution in [3.8, 4) is 0 Å². The number of hydrogen-bond acceptors (Lipinski definition) is 1. The van der Waals surface area contributed by atoms with Crippen molar-refractivity contribution < 1.29 is 4.79 Å². The number of carbonyl (C=O) groups is 1. The first kappa shape index (κ1) is 12.8. The molecule has 16 heavy (non-hydrogen) atoms. The van der Waals surface area contributed by atoms with Crippen LogP contribution in [-0.2, 0) is 4.79 Å². The van der Waals surface area contributed by atoms with Gasteiger partial charge in [-0.15, -0.1) is 0 Å². The molecule has 1 unspecified atom stereocenters. The van der Waals surface area contributed by atoms with Gasteiger partial charge in [0, 0.05) is 26.3 Å². The second-order valence-electron chi connectivity index (χ2n) is 3.82.